The van der Waals surface area contributed by atoms with E-state index in [0.717, 1.165) is 80.5 Å². The number of nitrogens with zero attached hydrogens (tertiary/aromatic N) is 2. The van der Waals surface area contributed by atoms with Gasteiger partial charge in [0.05, 0.1) is 18.8 Å². The van der Waals surface area contributed by atoms with Crippen LogP contribution in [0.5, 0.6) is 0 Å². The number of carbonyl (C=O) groups excluding carboxylic acids is 1. The van der Waals surface area contributed by atoms with Crippen LogP contribution in [-0.4, -0.2) is 43.6 Å². The molecule has 0 aromatic rings. The van der Waals surface area contributed by atoms with Crippen molar-refractivity contribution in [3.05, 3.63) is 11.3 Å². The molecule has 188 valence electrons. The molecule has 0 radical (unpaired) electrons. The smallest absolute Gasteiger partial charge is 0.341 e. The van der Waals surface area contributed by atoms with Crippen LogP contribution < -0.4 is 22.1 Å². The van der Waals surface area contributed by atoms with Crippen LogP contribution in [0, 0.1) is 0 Å². The second-order valence-electron chi connectivity index (χ2n) is 9.41. The van der Waals surface area contributed by atoms with Crippen LogP contribution in [0.3, 0.4) is 0 Å². The topological polar surface area (TPSA) is 134 Å². The molecule has 0 aliphatic carbocycles. The van der Waals surface area contributed by atoms with Gasteiger partial charge in [0.15, 0.2) is 5.96 Å². The van der Waals surface area contributed by atoms with Gasteiger partial charge in [0.1, 0.15) is 11.6 Å². The van der Waals surface area contributed by atoms with Crippen molar-refractivity contribution in [1.82, 2.24) is 0 Å². The van der Waals surface area contributed by atoms with E-state index in [0.29, 0.717) is 19.1 Å². The third kappa shape index (κ3) is 9.74. The Morgan fingerprint density at radius 3 is 2.42 bits per heavy atom. The van der Waals surface area contributed by atoms with Gasteiger partial charge in [-0.25, -0.2) is 4.79 Å². The molecule has 7 N–H and O–H groups in total. The van der Waals surface area contributed by atoms with E-state index in [2.05, 4.69) is 16.9 Å². The van der Waals surface area contributed by atoms with E-state index < -0.39 is 0 Å². The lowest BCUT2D eigenvalue weighted by atomic mass is 9.97. The summed E-state index contributed by atoms with van der Waals surface area (Å²) in [7, 11) is 0. The molecule has 8 nitrogen and oxygen atoms in total. The number of quaternary nitrogens is 1. The second-order valence-corrected chi connectivity index (χ2v) is 9.41. The first-order chi connectivity index (χ1) is 16.0. The Morgan fingerprint density at radius 1 is 1.03 bits per heavy atom. The summed E-state index contributed by atoms with van der Waals surface area (Å²) in [6, 6.07) is 0.116. The van der Waals surface area contributed by atoms with Gasteiger partial charge in [-0.05, 0) is 25.7 Å². The van der Waals surface area contributed by atoms with Crippen molar-refractivity contribution in [3.8, 4) is 0 Å². The first kappa shape index (κ1) is 27.2. The Bertz CT molecular complexity index is 684. The van der Waals surface area contributed by atoms with Gasteiger partial charge in [-0.2, -0.15) is 4.99 Å². The molecular weight excluding hydrogens is 416 g/mol. The van der Waals surface area contributed by atoms with Crippen molar-refractivity contribution in [1.29, 1.82) is 0 Å². The summed E-state index contributed by atoms with van der Waals surface area (Å²) < 4.78 is 5.71. The standard InChI is InChI=1S/C25H46N6O2/c1-2-3-4-5-6-8-11-15-20-22(21-16-14-18-31(21)25(28)30-20)23(32)33-19-13-10-7-9-12-17-29-24(26)27/h21H,2-19H2,1H3,(H2,28,30)(H4,26,27,29)/p+1. The van der Waals surface area contributed by atoms with Crippen molar-refractivity contribution >= 4 is 17.9 Å². The lowest BCUT2D eigenvalue weighted by Crippen LogP contribution is -3.18. The second kappa shape index (κ2) is 15.7. The number of esters is 1. The molecule has 2 heterocycles. The highest BCUT2D eigenvalue weighted by molar-refractivity contribution is 5.92. The highest BCUT2D eigenvalue weighted by Crippen LogP contribution is 2.25. The Kier molecular flexibility index (Phi) is 12.9. The fourth-order valence-corrected chi connectivity index (χ4v) is 4.84. The van der Waals surface area contributed by atoms with Crippen molar-refractivity contribution < 1.29 is 14.4 Å². The van der Waals surface area contributed by atoms with Gasteiger partial charge in [-0.3, -0.25) is 9.89 Å². The van der Waals surface area contributed by atoms with Crippen LogP contribution in [-0.2, 0) is 9.53 Å². The van der Waals surface area contributed by atoms with E-state index >= 15 is 0 Å². The van der Waals surface area contributed by atoms with Crippen molar-refractivity contribution in [3.63, 3.8) is 0 Å². The summed E-state index contributed by atoms with van der Waals surface area (Å²) in [5, 5.41) is 0. The molecule has 2 aliphatic heterocycles. The van der Waals surface area contributed by atoms with Crippen molar-refractivity contribution in [2.75, 3.05) is 19.7 Å². The number of aliphatic imine (C=N–C) groups is 2. The minimum Gasteiger partial charge on any atom is -0.462 e. The predicted octanol–water partition coefficient (Wildman–Crippen LogP) is 2.52. The highest BCUT2D eigenvalue weighted by Gasteiger charge is 2.42. The number of guanidine groups is 2. The maximum Gasteiger partial charge on any atom is 0.341 e. The van der Waals surface area contributed by atoms with Gasteiger partial charge in [0, 0.05) is 19.4 Å². The number of allylic oxidation sites excluding steroid dienone is 1. The Hall–Kier alpha value is -2.09. The normalized spacial score (nSPS) is 19.8. The number of fused-ring (bicyclic) bond motifs is 1. The van der Waals surface area contributed by atoms with E-state index in [1.807, 2.05) is 0 Å². The molecule has 33 heavy (non-hydrogen) atoms. The van der Waals surface area contributed by atoms with Gasteiger partial charge in [-0.1, -0.05) is 64.7 Å². The molecule has 2 rings (SSSR count). The van der Waals surface area contributed by atoms with Gasteiger partial charge in [0.25, 0.3) is 5.96 Å². The molecular formula is C25H47N6O2+. The minimum absolute atomic E-state index is 0.116. The summed E-state index contributed by atoms with van der Waals surface area (Å²) in [6.45, 7) is 4.32. The maximum absolute atomic E-state index is 13.1. The van der Waals surface area contributed by atoms with Crippen LogP contribution >= 0.6 is 0 Å². The van der Waals surface area contributed by atoms with Gasteiger partial charge >= 0.3 is 5.97 Å². The summed E-state index contributed by atoms with van der Waals surface area (Å²) in [4.78, 5) is 22.9. The van der Waals surface area contributed by atoms with Crippen molar-refractivity contribution in [2.45, 2.75) is 109 Å². The molecule has 0 amide bonds. The molecule has 0 aromatic carbocycles. The number of carbonyl (C=O) groups is 1. The van der Waals surface area contributed by atoms with Crippen LogP contribution in [0.1, 0.15) is 103 Å². The van der Waals surface area contributed by atoms with E-state index in [1.54, 1.807) is 0 Å². The summed E-state index contributed by atoms with van der Waals surface area (Å²) >= 11 is 0. The first-order valence-electron chi connectivity index (χ1n) is 13.2. The summed E-state index contributed by atoms with van der Waals surface area (Å²) in [6.07, 6.45) is 16.6. The third-order valence-corrected chi connectivity index (χ3v) is 6.67. The molecule has 0 saturated carbocycles. The third-order valence-electron chi connectivity index (χ3n) is 6.67. The summed E-state index contributed by atoms with van der Waals surface area (Å²) in [5.74, 6) is 0.619. The van der Waals surface area contributed by atoms with E-state index in [9.17, 15) is 4.79 Å². The average molecular weight is 464 g/mol. The van der Waals surface area contributed by atoms with Gasteiger partial charge in [-0.15, -0.1) is 0 Å². The molecule has 1 saturated heterocycles. The lowest BCUT2D eigenvalue weighted by molar-refractivity contribution is -0.815. The lowest BCUT2D eigenvalue weighted by Gasteiger charge is -2.27. The zero-order chi connectivity index (χ0) is 23.9. The minimum atomic E-state index is -0.179. The van der Waals surface area contributed by atoms with Crippen molar-refractivity contribution in [2.24, 2.45) is 27.2 Å². The largest absolute Gasteiger partial charge is 0.462 e. The molecule has 2 aliphatic rings. The number of hydrogen-bond donors (Lipinski definition) is 4. The highest BCUT2D eigenvalue weighted by atomic mass is 16.5. The zero-order valence-corrected chi connectivity index (χ0v) is 20.7. The number of nitrogens with one attached hydrogen (secondary N) is 1. The first-order valence-corrected chi connectivity index (χ1v) is 13.2. The molecule has 0 aromatic heterocycles. The molecule has 0 bridgehead atoms. The van der Waals surface area contributed by atoms with Crippen LogP contribution in [0.25, 0.3) is 0 Å². The van der Waals surface area contributed by atoms with Gasteiger partial charge < -0.3 is 21.9 Å². The van der Waals surface area contributed by atoms with E-state index in [4.69, 9.17) is 21.9 Å². The molecule has 0 spiro atoms. The molecule has 2 atom stereocenters. The van der Waals surface area contributed by atoms with Crippen LogP contribution in [0.15, 0.2) is 21.3 Å². The fraction of sp³-hybridized carbons (Fsp3) is 0.800. The number of unbranched alkanes of at least 4 members (excludes halogenated alkanes) is 10. The Labute approximate surface area is 200 Å². The molecule has 1 fully saturated rings. The van der Waals surface area contributed by atoms with Crippen LogP contribution in [0.4, 0.5) is 0 Å². The van der Waals surface area contributed by atoms with Crippen LogP contribution in [0.2, 0.25) is 0 Å². The Morgan fingerprint density at radius 2 is 1.70 bits per heavy atom. The predicted molar refractivity (Wildman–Crippen MR) is 135 cm³/mol. The summed E-state index contributed by atoms with van der Waals surface area (Å²) in [5.41, 5.74) is 18.6. The fourth-order valence-electron chi connectivity index (χ4n) is 4.84. The molecule has 8 heteroatoms. The number of nitrogens with two attached hydrogens (primary N) is 3. The monoisotopic (exact) mass is 463 g/mol. The van der Waals surface area contributed by atoms with Gasteiger partial charge in [0.2, 0.25) is 0 Å². The van der Waals surface area contributed by atoms with E-state index in [-0.39, 0.29) is 18.0 Å². The SMILES string of the molecule is CCCCCCCCCC1=C(C(=O)OCCCCCCCN=C(N)N)C2CCC[NH+]2C(N)=N1. The maximum atomic E-state index is 13.1. The molecule has 2 unspecified atom stereocenters. The van der Waals surface area contributed by atoms with E-state index in [1.165, 1.54) is 38.5 Å². The zero-order valence-electron chi connectivity index (χ0n) is 20.7. The number of rotatable bonds is 17. The quantitative estimate of drug-likeness (QED) is 0.114. The number of hydrogen-bond acceptors (Lipinski definition) is 5. The average Bonchev–Trinajstić information content (AvgIpc) is 3.27. The Balaban J connectivity index is 1.79. The number of ether oxygens (including phenoxy) is 1.